The molecule has 1 saturated carbocycles. The topological polar surface area (TPSA) is 115 Å². The van der Waals surface area contributed by atoms with Crippen molar-refractivity contribution in [3.05, 3.63) is 34.3 Å². The summed E-state index contributed by atoms with van der Waals surface area (Å²) in [6.07, 6.45) is 5.79. The molecule has 0 aromatic carbocycles. The van der Waals surface area contributed by atoms with E-state index in [1.54, 1.807) is 0 Å². The smallest absolute Gasteiger partial charge is 0.321 e. The molecule has 0 unspecified atom stereocenters. The molecule has 28 heavy (non-hydrogen) atoms. The van der Waals surface area contributed by atoms with Crippen LogP contribution in [-0.2, 0) is 17.9 Å². The molecule has 3 heterocycles. The van der Waals surface area contributed by atoms with Gasteiger partial charge in [0.15, 0.2) is 5.82 Å². The maximum Gasteiger partial charge on any atom is 0.321 e. The second-order valence-corrected chi connectivity index (χ2v) is 7.06. The van der Waals surface area contributed by atoms with Crippen LogP contribution in [0.4, 0.5) is 5.95 Å². The van der Waals surface area contributed by atoms with Crippen LogP contribution in [0.3, 0.4) is 0 Å². The number of amides is 1. The molecule has 2 aromatic heterocycles. The molecule has 1 amide bonds. The molecule has 148 valence electrons. The fraction of sp³-hybridized carbons (Fsp3) is 0.556. The van der Waals surface area contributed by atoms with E-state index in [9.17, 15) is 9.59 Å². The van der Waals surface area contributed by atoms with Crippen LogP contribution in [-0.4, -0.2) is 50.6 Å². The molecule has 1 aliphatic heterocycles. The van der Waals surface area contributed by atoms with Crippen molar-refractivity contribution in [3.8, 4) is 6.01 Å². The van der Waals surface area contributed by atoms with Gasteiger partial charge >= 0.3 is 6.01 Å². The fourth-order valence-electron chi connectivity index (χ4n) is 3.16. The van der Waals surface area contributed by atoms with Gasteiger partial charge < -0.3 is 15.0 Å². The lowest BCUT2D eigenvalue weighted by Gasteiger charge is -2.16. The van der Waals surface area contributed by atoms with E-state index < -0.39 is 0 Å². The summed E-state index contributed by atoms with van der Waals surface area (Å²) in [7, 11) is 1.50. The lowest BCUT2D eigenvalue weighted by molar-refractivity contribution is -0.121. The third-order valence-electron chi connectivity index (χ3n) is 4.87. The first-order valence-electron chi connectivity index (χ1n) is 9.49. The second kappa shape index (κ2) is 7.91. The first kappa shape index (κ1) is 18.3. The summed E-state index contributed by atoms with van der Waals surface area (Å²) in [5.74, 6) is 1.06. The summed E-state index contributed by atoms with van der Waals surface area (Å²) in [6.45, 7) is 1.82. The quantitative estimate of drug-likeness (QED) is 0.720. The minimum absolute atomic E-state index is 0.0992. The summed E-state index contributed by atoms with van der Waals surface area (Å²) in [5.41, 5.74) is 0.596. The molecule has 0 bridgehead atoms. The summed E-state index contributed by atoms with van der Waals surface area (Å²) in [4.78, 5) is 43.6. The van der Waals surface area contributed by atoms with Gasteiger partial charge in [0.05, 0.1) is 25.7 Å². The number of hydrogen-bond acceptors (Lipinski definition) is 8. The number of aromatic nitrogens is 5. The highest BCUT2D eigenvalue weighted by Crippen LogP contribution is 2.38. The molecule has 0 radical (unpaired) electrons. The zero-order valence-corrected chi connectivity index (χ0v) is 15.8. The third-order valence-corrected chi connectivity index (χ3v) is 4.87. The van der Waals surface area contributed by atoms with Crippen molar-refractivity contribution in [3.63, 3.8) is 0 Å². The molecular formula is C18H23N7O3. The zero-order chi connectivity index (χ0) is 19.5. The zero-order valence-electron chi connectivity index (χ0n) is 15.8. The van der Waals surface area contributed by atoms with E-state index in [2.05, 4.69) is 30.2 Å². The Kier molecular flexibility index (Phi) is 5.18. The van der Waals surface area contributed by atoms with Crippen LogP contribution in [0.25, 0.3) is 0 Å². The third kappa shape index (κ3) is 4.26. The van der Waals surface area contributed by atoms with E-state index >= 15 is 0 Å². The van der Waals surface area contributed by atoms with Gasteiger partial charge in [0, 0.05) is 25.1 Å². The number of nitrogens with zero attached hydrogens (tertiary/aromatic N) is 6. The number of nitrogens with one attached hydrogen (secondary N) is 1. The Bertz CT molecular complexity index is 920. The number of carbonyl (C=O) groups excluding carboxylic acids is 1. The summed E-state index contributed by atoms with van der Waals surface area (Å²) in [5, 5.41) is 2.74. The fourth-order valence-corrected chi connectivity index (χ4v) is 3.16. The monoisotopic (exact) mass is 385 g/mol. The molecule has 10 heteroatoms. The number of methoxy groups -OCH3 is 1. The van der Waals surface area contributed by atoms with Crippen molar-refractivity contribution < 1.29 is 9.53 Å². The molecular weight excluding hydrogens is 362 g/mol. The standard InChI is InChI=1S/C18H23N7O3/c1-28-18-22-14(21-17(23-18)24-6-2-3-7-24)9-19-15(26)10-25-11-20-13(8-16(25)27)12-4-5-12/h8,11-12H,2-7,9-10H2,1H3,(H,19,26). The molecule has 2 aliphatic rings. The number of carbonyl (C=O) groups is 1. The number of rotatable bonds is 7. The van der Waals surface area contributed by atoms with E-state index in [1.807, 2.05) is 0 Å². The van der Waals surface area contributed by atoms with Crippen molar-refractivity contribution in [2.45, 2.75) is 44.7 Å². The van der Waals surface area contributed by atoms with E-state index in [1.165, 1.54) is 24.1 Å². The summed E-state index contributed by atoms with van der Waals surface area (Å²) >= 11 is 0. The van der Waals surface area contributed by atoms with Gasteiger partial charge in [0.1, 0.15) is 6.54 Å². The average Bonchev–Trinajstić information content (AvgIpc) is 3.41. The minimum Gasteiger partial charge on any atom is -0.467 e. The first-order valence-corrected chi connectivity index (χ1v) is 9.49. The maximum absolute atomic E-state index is 12.3. The van der Waals surface area contributed by atoms with Gasteiger partial charge in [-0.1, -0.05) is 0 Å². The molecule has 2 fully saturated rings. The van der Waals surface area contributed by atoms with Gasteiger partial charge in [0.25, 0.3) is 5.56 Å². The molecule has 10 nitrogen and oxygen atoms in total. The molecule has 0 atom stereocenters. The van der Waals surface area contributed by atoms with Crippen molar-refractivity contribution >= 4 is 11.9 Å². The Hall–Kier alpha value is -3.04. The number of anilines is 1. The molecule has 2 aromatic rings. The molecule has 1 N–H and O–H groups in total. The number of ether oxygens (including phenoxy) is 1. The van der Waals surface area contributed by atoms with Gasteiger partial charge in [-0.2, -0.15) is 15.0 Å². The Balaban J connectivity index is 1.39. The maximum atomic E-state index is 12.3. The first-order chi connectivity index (χ1) is 13.6. The number of hydrogen-bond donors (Lipinski definition) is 1. The normalized spacial score (nSPS) is 16.2. The van der Waals surface area contributed by atoms with Gasteiger partial charge in [-0.05, 0) is 25.7 Å². The van der Waals surface area contributed by atoms with Crippen LogP contribution in [0.15, 0.2) is 17.2 Å². The van der Waals surface area contributed by atoms with Crippen LogP contribution >= 0.6 is 0 Å². The Morgan fingerprint density at radius 1 is 1.25 bits per heavy atom. The average molecular weight is 385 g/mol. The Morgan fingerprint density at radius 3 is 2.71 bits per heavy atom. The SMILES string of the molecule is COc1nc(CNC(=O)Cn2cnc(C3CC3)cc2=O)nc(N2CCCC2)n1. The van der Waals surface area contributed by atoms with Crippen LogP contribution in [0.5, 0.6) is 6.01 Å². The van der Waals surface area contributed by atoms with Crippen molar-refractivity contribution in [2.75, 3.05) is 25.1 Å². The lowest BCUT2D eigenvalue weighted by Crippen LogP contribution is -2.32. The summed E-state index contributed by atoms with van der Waals surface area (Å²) < 4.78 is 6.45. The van der Waals surface area contributed by atoms with Gasteiger partial charge in [-0.3, -0.25) is 14.2 Å². The van der Waals surface area contributed by atoms with Crippen molar-refractivity contribution in [1.82, 2.24) is 29.8 Å². The highest BCUT2D eigenvalue weighted by molar-refractivity contribution is 5.75. The highest BCUT2D eigenvalue weighted by atomic mass is 16.5. The molecule has 4 rings (SSSR count). The highest BCUT2D eigenvalue weighted by Gasteiger charge is 2.25. The minimum atomic E-state index is -0.315. The summed E-state index contributed by atoms with van der Waals surface area (Å²) in [6, 6.07) is 1.74. The van der Waals surface area contributed by atoms with Crippen molar-refractivity contribution in [1.29, 1.82) is 0 Å². The second-order valence-electron chi connectivity index (χ2n) is 7.06. The van der Waals surface area contributed by atoms with Crippen LogP contribution in [0.2, 0.25) is 0 Å². The Morgan fingerprint density at radius 2 is 2.04 bits per heavy atom. The van der Waals surface area contributed by atoms with Gasteiger partial charge in [0.2, 0.25) is 11.9 Å². The van der Waals surface area contributed by atoms with Crippen LogP contribution < -0.4 is 20.5 Å². The van der Waals surface area contributed by atoms with Crippen LogP contribution in [0.1, 0.15) is 43.1 Å². The van der Waals surface area contributed by atoms with Crippen LogP contribution in [0, 0.1) is 0 Å². The molecule has 1 saturated heterocycles. The van der Waals surface area contributed by atoms with Crippen molar-refractivity contribution in [2.24, 2.45) is 0 Å². The van der Waals surface area contributed by atoms with E-state index in [0.717, 1.165) is 44.5 Å². The predicted octanol–water partition coefficient (Wildman–Crippen LogP) is 0.231. The predicted molar refractivity (Wildman–Crippen MR) is 100 cm³/mol. The van der Waals surface area contributed by atoms with E-state index in [0.29, 0.717) is 17.7 Å². The van der Waals surface area contributed by atoms with E-state index in [-0.39, 0.29) is 30.6 Å². The Labute approximate surface area is 162 Å². The van der Waals surface area contributed by atoms with Gasteiger partial charge in [-0.15, -0.1) is 0 Å². The lowest BCUT2D eigenvalue weighted by atomic mass is 10.3. The molecule has 0 spiro atoms. The molecule has 1 aliphatic carbocycles. The largest absolute Gasteiger partial charge is 0.467 e. The van der Waals surface area contributed by atoms with E-state index in [4.69, 9.17) is 4.74 Å². The van der Waals surface area contributed by atoms with Gasteiger partial charge in [-0.25, -0.2) is 4.98 Å².